The van der Waals surface area contributed by atoms with Crippen LogP contribution in [0.1, 0.15) is 45.4 Å². The number of likely N-dealkylation sites (N-methyl/N-ethyl adjacent to an activating group) is 1. The Morgan fingerprint density at radius 1 is 1.28 bits per heavy atom. The summed E-state index contributed by atoms with van der Waals surface area (Å²) in [6.07, 6.45) is 6.24. The lowest BCUT2D eigenvalue weighted by Crippen LogP contribution is -2.55. The van der Waals surface area contributed by atoms with Crippen molar-refractivity contribution in [2.75, 3.05) is 25.6 Å². The molecule has 1 rings (SSSR count). The molecule has 108 valence electrons. The molecule has 1 atom stereocenters. The third-order valence-corrected chi connectivity index (χ3v) is 6.25. The van der Waals surface area contributed by atoms with Crippen LogP contribution in [0.25, 0.3) is 0 Å². The van der Waals surface area contributed by atoms with Crippen molar-refractivity contribution in [2.45, 2.75) is 57.0 Å². The lowest BCUT2D eigenvalue weighted by Gasteiger charge is -2.41. The monoisotopic (exact) mass is 276 g/mol. The zero-order valence-electron chi connectivity index (χ0n) is 12.0. The third-order valence-electron chi connectivity index (χ3n) is 4.46. The normalized spacial score (nSPS) is 21.4. The highest BCUT2D eigenvalue weighted by molar-refractivity contribution is 7.91. The Bertz CT molecular complexity index is 346. The van der Waals surface area contributed by atoms with Crippen LogP contribution in [0.4, 0.5) is 0 Å². The van der Waals surface area contributed by atoms with Crippen LogP contribution in [0.3, 0.4) is 0 Å². The van der Waals surface area contributed by atoms with Gasteiger partial charge >= 0.3 is 0 Å². The molecule has 1 unspecified atom stereocenters. The van der Waals surface area contributed by atoms with E-state index in [9.17, 15) is 8.42 Å². The average molecular weight is 276 g/mol. The van der Waals surface area contributed by atoms with Crippen molar-refractivity contribution in [3.05, 3.63) is 0 Å². The standard InChI is InChI=1S/C13H28N2O2S/c1-4-18(16,17)11-7-8-12(14)13(15(2)3)9-5-6-10-13/h12H,4-11,14H2,1-3H3. The van der Waals surface area contributed by atoms with Gasteiger partial charge in [0.15, 0.2) is 0 Å². The van der Waals surface area contributed by atoms with Gasteiger partial charge in [-0.25, -0.2) is 8.42 Å². The summed E-state index contributed by atoms with van der Waals surface area (Å²) in [4.78, 5) is 2.25. The first-order valence-corrected chi connectivity index (χ1v) is 8.79. The number of hydrogen-bond acceptors (Lipinski definition) is 4. The van der Waals surface area contributed by atoms with Gasteiger partial charge in [0.2, 0.25) is 0 Å². The van der Waals surface area contributed by atoms with Crippen molar-refractivity contribution in [1.29, 1.82) is 0 Å². The van der Waals surface area contributed by atoms with Gasteiger partial charge in [-0.05, 0) is 39.8 Å². The van der Waals surface area contributed by atoms with Crippen molar-refractivity contribution < 1.29 is 8.42 Å². The minimum absolute atomic E-state index is 0.0852. The largest absolute Gasteiger partial charge is 0.326 e. The van der Waals surface area contributed by atoms with Crippen LogP contribution in [0.2, 0.25) is 0 Å². The number of rotatable bonds is 7. The second kappa shape index (κ2) is 6.35. The molecule has 18 heavy (non-hydrogen) atoms. The molecule has 0 spiro atoms. The predicted octanol–water partition coefficient (Wildman–Crippen LogP) is 1.40. The van der Waals surface area contributed by atoms with E-state index in [1.54, 1.807) is 6.92 Å². The minimum Gasteiger partial charge on any atom is -0.326 e. The highest BCUT2D eigenvalue weighted by atomic mass is 32.2. The van der Waals surface area contributed by atoms with E-state index >= 15 is 0 Å². The summed E-state index contributed by atoms with van der Waals surface area (Å²) in [5.41, 5.74) is 6.44. The lowest BCUT2D eigenvalue weighted by molar-refractivity contribution is 0.118. The fourth-order valence-corrected chi connectivity index (χ4v) is 3.97. The molecule has 0 saturated heterocycles. The Labute approximate surface area is 112 Å². The number of nitrogens with zero attached hydrogens (tertiary/aromatic N) is 1. The van der Waals surface area contributed by atoms with E-state index in [1.807, 2.05) is 0 Å². The zero-order chi connectivity index (χ0) is 13.8. The molecular weight excluding hydrogens is 248 g/mol. The molecule has 1 saturated carbocycles. The summed E-state index contributed by atoms with van der Waals surface area (Å²) in [6, 6.07) is 0.0852. The van der Waals surface area contributed by atoms with Gasteiger partial charge in [-0.15, -0.1) is 0 Å². The van der Waals surface area contributed by atoms with Gasteiger partial charge in [0.05, 0.1) is 5.75 Å². The first-order chi connectivity index (χ1) is 8.34. The van der Waals surface area contributed by atoms with Crippen LogP contribution in [-0.2, 0) is 9.84 Å². The average Bonchev–Trinajstić information content (AvgIpc) is 2.79. The Morgan fingerprint density at radius 2 is 1.83 bits per heavy atom. The Hall–Kier alpha value is -0.130. The van der Waals surface area contributed by atoms with Gasteiger partial charge in [-0.2, -0.15) is 0 Å². The molecule has 1 aliphatic carbocycles. The number of nitrogens with two attached hydrogens (primary N) is 1. The number of hydrogen-bond donors (Lipinski definition) is 1. The van der Waals surface area contributed by atoms with Gasteiger partial charge in [0.1, 0.15) is 9.84 Å². The molecule has 1 fully saturated rings. The molecule has 4 nitrogen and oxygen atoms in total. The maximum Gasteiger partial charge on any atom is 0.150 e. The van der Waals surface area contributed by atoms with Crippen LogP contribution in [0.5, 0.6) is 0 Å². The van der Waals surface area contributed by atoms with Gasteiger partial charge < -0.3 is 10.6 Å². The molecule has 0 aromatic carbocycles. The van der Waals surface area contributed by atoms with E-state index < -0.39 is 9.84 Å². The smallest absolute Gasteiger partial charge is 0.150 e. The van der Waals surface area contributed by atoms with Crippen molar-refractivity contribution in [3.8, 4) is 0 Å². The van der Waals surface area contributed by atoms with Crippen molar-refractivity contribution in [3.63, 3.8) is 0 Å². The second-order valence-corrected chi connectivity index (χ2v) is 8.16. The quantitative estimate of drug-likeness (QED) is 0.763. The van der Waals surface area contributed by atoms with Gasteiger partial charge in [-0.1, -0.05) is 19.8 Å². The van der Waals surface area contributed by atoms with Crippen molar-refractivity contribution >= 4 is 9.84 Å². The summed E-state index contributed by atoms with van der Waals surface area (Å²) < 4.78 is 22.9. The molecule has 0 radical (unpaired) electrons. The zero-order valence-corrected chi connectivity index (χ0v) is 12.8. The fourth-order valence-electron chi connectivity index (χ4n) is 3.07. The third kappa shape index (κ3) is 3.68. The molecule has 0 bridgehead atoms. The Balaban J connectivity index is 2.51. The van der Waals surface area contributed by atoms with E-state index in [-0.39, 0.29) is 23.1 Å². The molecule has 2 N–H and O–H groups in total. The highest BCUT2D eigenvalue weighted by Crippen LogP contribution is 2.37. The summed E-state index contributed by atoms with van der Waals surface area (Å²) >= 11 is 0. The minimum atomic E-state index is -2.85. The molecule has 0 heterocycles. The molecule has 1 aliphatic rings. The molecule has 0 aromatic rings. The second-order valence-electron chi connectivity index (χ2n) is 5.69. The Kier molecular flexibility index (Phi) is 5.62. The molecular formula is C13H28N2O2S. The van der Waals surface area contributed by atoms with Crippen molar-refractivity contribution in [2.24, 2.45) is 5.73 Å². The SMILES string of the molecule is CCS(=O)(=O)CCCC(N)C1(N(C)C)CCCC1. The maximum atomic E-state index is 11.5. The van der Waals surface area contributed by atoms with Crippen LogP contribution < -0.4 is 5.73 Å². The van der Waals surface area contributed by atoms with Gasteiger partial charge in [0, 0.05) is 17.3 Å². The molecule has 0 aliphatic heterocycles. The van der Waals surface area contributed by atoms with Crippen LogP contribution >= 0.6 is 0 Å². The predicted molar refractivity (Wildman–Crippen MR) is 76.4 cm³/mol. The summed E-state index contributed by atoms with van der Waals surface area (Å²) in [5, 5.41) is 0. The van der Waals surface area contributed by atoms with Crippen molar-refractivity contribution in [1.82, 2.24) is 4.90 Å². The van der Waals surface area contributed by atoms with E-state index in [1.165, 1.54) is 12.8 Å². The highest BCUT2D eigenvalue weighted by Gasteiger charge is 2.40. The maximum absolute atomic E-state index is 11.5. The van der Waals surface area contributed by atoms with E-state index in [2.05, 4.69) is 19.0 Å². The van der Waals surface area contributed by atoms with Crippen LogP contribution in [0, 0.1) is 0 Å². The molecule has 0 amide bonds. The molecule has 5 heteroatoms. The van der Waals surface area contributed by atoms with Crippen LogP contribution in [-0.4, -0.2) is 50.5 Å². The Morgan fingerprint density at radius 3 is 2.28 bits per heavy atom. The number of sulfone groups is 1. The summed E-state index contributed by atoms with van der Waals surface area (Å²) in [5.74, 6) is 0.516. The lowest BCUT2D eigenvalue weighted by atomic mass is 9.85. The van der Waals surface area contributed by atoms with Gasteiger partial charge in [0.25, 0.3) is 0 Å². The topological polar surface area (TPSA) is 63.4 Å². The van der Waals surface area contributed by atoms with E-state index in [0.717, 1.165) is 19.3 Å². The van der Waals surface area contributed by atoms with E-state index in [4.69, 9.17) is 5.73 Å². The van der Waals surface area contributed by atoms with Gasteiger partial charge in [-0.3, -0.25) is 0 Å². The van der Waals surface area contributed by atoms with E-state index in [0.29, 0.717) is 6.42 Å². The first-order valence-electron chi connectivity index (χ1n) is 6.97. The van der Waals surface area contributed by atoms with Crippen LogP contribution in [0.15, 0.2) is 0 Å². The fraction of sp³-hybridized carbons (Fsp3) is 1.00. The first kappa shape index (κ1) is 15.9. The summed E-state index contributed by atoms with van der Waals surface area (Å²) in [7, 11) is 1.33. The molecule has 0 aromatic heterocycles. The summed E-state index contributed by atoms with van der Waals surface area (Å²) in [6.45, 7) is 1.70.